The van der Waals surface area contributed by atoms with Crippen LogP contribution in [0.2, 0.25) is 5.02 Å². The van der Waals surface area contributed by atoms with Crippen molar-refractivity contribution in [1.82, 2.24) is 14.5 Å². The molecule has 32 heavy (non-hydrogen) atoms. The maximum atomic E-state index is 13.1. The molecule has 4 aromatic rings. The van der Waals surface area contributed by atoms with Crippen LogP contribution in [0, 0.1) is 12.8 Å². The smallest absolute Gasteiger partial charge is 0.272 e. The second-order valence-corrected chi connectivity index (χ2v) is 8.70. The number of amides is 1. The summed E-state index contributed by atoms with van der Waals surface area (Å²) in [7, 11) is 0. The average molecular weight is 443 g/mol. The van der Waals surface area contributed by atoms with Crippen molar-refractivity contribution in [2.24, 2.45) is 5.92 Å². The number of rotatable bonds is 6. The lowest BCUT2D eigenvalue weighted by Gasteiger charge is -2.10. The van der Waals surface area contributed by atoms with Crippen molar-refractivity contribution in [1.29, 1.82) is 0 Å². The number of aromatic nitrogens is 3. The highest BCUT2D eigenvalue weighted by Crippen LogP contribution is 2.33. The van der Waals surface area contributed by atoms with Gasteiger partial charge < -0.3 is 9.88 Å². The van der Waals surface area contributed by atoms with Crippen molar-refractivity contribution in [3.8, 4) is 22.5 Å². The molecule has 0 unspecified atom stereocenters. The minimum Gasteiger partial charge on any atom is -0.343 e. The van der Waals surface area contributed by atoms with Gasteiger partial charge in [-0.3, -0.25) is 4.79 Å². The molecule has 1 saturated carbocycles. The van der Waals surface area contributed by atoms with Gasteiger partial charge in [0.05, 0.1) is 0 Å². The Balaban J connectivity index is 1.42. The van der Waals surface area contributed by atoms with E-state index in [2.05, 4.69) is 15.3 Å². The third-order valence-electron chi connectivity index (χ3n) is 5.73. The molecule has 0 radical (unpaired) electrons. The van der Waals surface area contributed by atoms with Crippen LogP contribution in [-0.4, -0.2) is 20.4 Å². The molecule has 1 aliphatic rings. The number of benzene rings is 2. The number of hydrogen-bond donors (Lipinski definition) is 1. The van der Waals surface area contributed by atoms with E-state index in [1.807, 2.05) is 78.6 Å². The first-order chi connectivity index (χ1) is 15.6. The van der Waals surface area contributed by atoms with E-state index >= 15 is 0 Å². The van der Waals surface area contributed by atoms with E-state index < -0.39 is 0 Å². The number of carbonyl (C=O) groups excluding carboxylic acids is 1. The highest BCUT2D eigenvalue weighted by atomic mass is 35.5. The molecule has 0 aliphatic heterocycles. The number of nitrogens with zero attached hydrogens (tertiary/aromatic N) is 3. The first-order valence-corrected chi connectivity index (χ1v) is 11.1. The Morgan fingerprint density at radius 1 is 1.03 bits per heavy atom. The summed E-state index contributed by atoms with van der Waals surface area (Å²) >= 11 is 6.22. The molecular formula is C26H23ClN4O. The molecule has 1 aliphatic carbocycles. The second-order valence-electron chi connectivity index (χ2n) is 8.29. The van der Waals surface area contributed by atoms with Crippen molar-refractivity contribution in [3.63, 3.8) is 0 Å². The molecule has 0 atom stereocenters. The summed E-state index contributed by atoms with van der Waals surface area (Å²) in [6.07, 6.45) is 8.06. The lowest BCUT2D eigenvalue weighted by molar-refractivity contribution is 0.101. The molecule has 2 heterocycles. The predicted octanol–water partition coefficient (Wildman–Crippen LogP) is 6.24. The number of anilines is 1. The largest absolute Gasteiger partial charge is 0.343 e. The standard InChI is InChI=1S/C26H23ClN4O/c1-17-7-10-22(12-23(17)27)30-26(32)24-11-20(16-31(24)15-18-8-9-18)21-13-28-25(29-14-21)19-5-3-2-4-6-19/h2-7,10-14,16,18H,8-9,15H2,1H3,(H,30,32). The number of nitrogens with one attached hydrogen (secondary N) is 1. The van der Waals surface area contributed by atoms with Gasteiger partial charge in [-0.2, -0.15) is 0 Å². The highest BCUT2D eigenvalue weighted by Gasteiger charge is 2.25. The number of aryl methyl sites for hydroxylation is 1. The van der Waals surface area contributed by atoms with Crippen LogP contribution in [0.3, 0.4) is 0 Å². The zero-order chi connectivity index (χ0) is 22.1. The third-order valence-corrected chi connectivity index (χ3v) is 6.14. The molecule has 5 rings (SSSR count). The summed E-state index contributed by atoms with van der Waals surface area (Å²) in [5.41, 5.74) is 5.06. The third kappa shape index (κ3) is 4.43. The fourth-order valence-corrected chi connectivity index (χ4v) is 3.85. The summed E-state index contributed by atoms with van der Waals surface area (Å²) in [6.45, 7) is 2.77. The summed E-state index contributed by atoms with van der Waals surface area (Å²) in [5.74, 6) is 1.16. The minimum absolute atomic E-state index is 0.154. The van der Waals surface area contributed by atoms with Gasteiger partial charge >= 0.3 is 0 Å². The van der Waals surface area contributed by atoms with Crippen LogP contribution >= 0.6 is 11.6 Å². The quantitative estimate of drug-likeness (QED) is 0.384. The molecule has 1 amide bonds. The Kier molecular flexibility index (Phi) is 5.50. The van der Waals surface area contributed by atoms with Crippen molar-refractivity contribution in [2.45, 2.75) is 26.3 Å². The Morgan fingerprint density at radius 3 is 2.47 bits per heavy atom. The van der Waals surface area contributed by atoms with Crippen LogP contribution in [0.15, 0.2) is 73.2 Å². The fourth-order valence-electron chi connectivity index (χ4n) is 3.67. The first-order valence-electron chi connectivity index (χ1n) is 10.7. The molecule has 0 bridgehead atoms. The normalized spacial score (nSPS) is 13.2. The molecule has 5 nitrogen and oxygen atoms in total. The molecular weight excluding hydrogens is 420 g/mol. The Labute approximate surface area is 192 Å². The van der Waals surface area contributed by atoms with E-state index in [4.69, 9.17) is 11.6 Å². The number of carbonyl (C=O) groups is 1. The van der Waals surface area contributed by atoms with Crippen LogP contribution in [-0.2, 0) is 6.54 Å². The van der Waals surface area contributed by atoms with Gasteiger partial charge in [0.1, 0.15) is 5.69 Å². The Hall–Kier alpha value is -3.44. The van der Waals surface area contributed by atoms with E-state index in [-0.39, 0.29) is 5.91 Å². The molecule has 160 valence electrons. The van der Waals surface area contributed by atoms with E-state index in [9.17, 15) is 4.79 Å². The first kappa shape index (κ1) is 20.5. The summed E-state index contributed by atoms with van der Waals surface area (Å²) < 4.78 is 2.04. The van der Waals surface area contributed by atoms with E-state index in [0.29, 0.717) is 28.1 Å². The topological polar surface area (TPSA) is 59.8 Å². The van der Waals surface area contributed by atoms with Gasteiger partial charge in [0.15, 0.2) is 5.82 Å². The fraction of sp³-hybridized carbons (Fsp3) is 0.192. The predicted molar refractivity (Wildman–Crippen MR) is 128 cm³/mol. The van der Waals surface area contributed by atoms with Gasteiger partial charge in [0, 0.05) is 52.5 Å². The lowest BCUT2D eigenvalue weighted by atomic mass is 10.1. The summed E-state index contributed by atoms with van der Waals surface area (Å²) in [6, 6.07) is 17.3. The lowest BCUT2D eigenvalue weighted by Crippen LogP contribution is -2.17. The Bertz CT molecular complexity index is 1260. The van der Waals surface area contributed by atoms with E-state index in [1.54, 1.807) is 6.07 Å². The van der Waals surface area contributed by atoms with Gasteiger partial charge in [-0.25, -0.2) is 9.97 Å². The van der Waals surface area contributed by atoms with Gasteiger partial charge in [-0.05, 0) is 49.4 Å². The van der Waals surface area contributed by atoms with Crippen LogP contribution in [0.5, 0.6) is 0 Å². The van der Waals surface area contributed by atoms with Gasteiger partial charge in [-0.15, -0.1) is 0 Å². The molecule has 2 aromatic heterocycles. The van der Waals surface area contributed by atoms with Gasteiger partial charge in [-0.1, -0.05) is 48.0 Å². The van der Waals surface area contributed by atoms with Crippen LogP contribution < -0.4 is 5.32 Å². The maximum absolute atomic E-state index is 13.1. The van der Waals surface area contributed by atoms with Gasteiger partial charge in [0.2, 0.25) is 0 Å². The molecule has 6 heteroatoms. The SMILES string of the molecule is Cc1ccc(NC(=O)c2cc(-c3cnc(-c4ccccc4)nc3)cn2CC2CC2)cc1Cl. The zero-order valence-electron chi connectivity index (χ0n) is 17.8. The Morgan fingerprint density at radius 2 is 1.78 bits per heavy atom. The maximum Gasteiger partial charge on any atom is 0.272 e. The average Bonchev–Trinajstić information content (AvgIpc) is 3.53. The highest BCUT2D eigenvalue weighted by molar-refractivity contribution is 6.31. The van der Waals surface area contributed by atoms with E-state index in [1.165, 1.54) is 12.8 Å². The summed E-state index contributed by atoms with van der Waals surface area (Å²) in [5, 5.41) is 3.61. The molecule has 0 spiro atoms. The number of halogens is 1. The molecule has 1 N–H and O–H groups in total. The van der Waals surface area contributed by atoms with Crippen molar-refractivity contribution in [2.75, 3.05) is 5.32 Å². The molecule has 1 fully saturated rings. The van der Waals surface area contributed by atoms with E-state index in [0.717, 1.165) is 28.8 Å². The summed E-state index contributed by atoms with van der Waals surface area (Å²) in [4.78, 5) is 22.2. The second kappa shape index (κ2) is 8.60. The van der Waals surface area contributed by atoms with Crippen LogP contribution in [0.4, 0.5) is 5.69 Å². The van der Waals surface area contributed by atoms with Crippen LogP contribution in [0.1, 0.15) is 28.9 Å². The van der Waals surface area contributed by atoms with Gasteiger partial charge in [0.25, 0.3) is 5.91 Å². The minimum atomic E-state index is -0.154. The van der Waals surface area contributed by atoms with Crippen molar-refractivity contribution in [3.05, 3.63) is 89.5 Å². The zero-order valence-corrected chi connectivity index (χ0v) is 18.5. The van der Waals surface area contributed by atoms with Crippen molar-refractivity contribution < 1.29 is 4.79 Å². The number of hydrogen-bond acceptors (Lipinski definition) is 3. The van der Waals surface area contributed by atoms with Crippen LogP contribution in [0.25, 0.3) is 22.5 Å². The molecule has 0 saturated heterocycles. The van der Waals surface area contributed by atoms with Crippen molar-refractivity contribution >= 4 is 23.2 Å². The molecule has 2 aromatic carbocycles. The monoisotopic (exact) mass is 442 g/mol.